The molecule has 0 bridgehead atoms. The summed E-state index contributed by atoms with van der Waals surface area (Å²) in [6.45, 7) is 1.88. The molecule has 0 aliphatic carbocycles. The molecular formula is C15H14N2O3S. The lowest BCUT2D eigenvalue weighted by Crippen LogP contribution is -2.13. The van der Waals surface area contributed by atoms with E-state index in [1.54, 1.807) is 36.4 Å². The Morgan fingerprint density at radius 3 is 2.67 bits per heavy atom. The Morgan fingerprint density at radius 1 is 1.14 bits per heavy atom. The second-order valence-corrected chi connectivity index (χ2v) is 6.47. The first-order valence-electron chi connectivity index (χ1n) is 6.36. The van der Waals surface area contributed by atoms with Gasteiger partial charge in [0.1, 0.15) is 17.0 Å². The molecule has 3 rings (SSSR count). The van der Waals surface area contributed by atoms with E-state index in [4.69, 9.17) is 4.74 Å². The highest BCUT2D eigenvalue weighted by Gasteiger charge is 2.23. The molecule has 5 nitrogen and oxygen atoms in total. The van der Waals surface area contributed by atoms with Crippen LogP contribution < -0.4 is 4.74 Å². The van der Waals surface area contributed by atoms with E-state index in [1.165, 1.54) is 17.4 Å². The van der Waals surface area contributed by atoms with Crippen molar-refractivity contribution in [2.45, 2.75) is 11.8 Å². The SMILES string of the molecule is COc1cc(C)ccc1S(=O)(=O)n1cnc2ccccc21. The zero-order valence-electron chi connectivity index (χ0n) is 11.6. The van der Waals surface area contributed by atoms with Crippen LogP contribution in [0, 0.1) is 6.92 Å². The minimum atomic E-state index is -3.75. The smallest absolute Gasteiger partial charge is 0.273 e. The summed E-state index contributed by atoms with van der Waals surface area (Å²) in [6, 6.07) is 12.1. The molecular weight excluding hydrogens is 288 g/mol. The largest absolute Gasteiger partial charge is 0.495 e. The predicted octanol–water partition coefficient (Wildman–Crippen LogP) is 2.59. The number of imidazole rings is 1. The maximum Gasteiger partial charge on any atom is 0.273 e. The van der Waals surface area contributed by atoms with Crippen molar-refractivity contribution in [3.63, 3.8) is 0 Å². The number of hydrogen-bond donors (Lipinski definition) is 0. The van der Waals surface area contributed by atoms with E-state index in [1.807, 2.05) is 13.0 Å². The Kier molecular flexibility index (Phi) is 3.17. The monoisotopic (exact) mass is 302 g/mol. The second kappa shape index (κ2) is 4.89. The summed E-state index contributed by atoms with van der Waals surface area (Å²) in [5, 5.41) is 0. The Labute approximate surface area is 122 Å². The van der Waals surface area contributed by atoms with Crippen molar-refractivity contribution in [3.05, 3.63) is 54.4 Å². The number of benzene rings is 2. The molecule has 0 aliphatic heterocycles. The summed E-state index contributed by atoms with van der Waals surface area (Å²) in [5.41, 5.74) is 2.11. The second-order valence-electron chi connectivity index (χ2n) is 4.69. The van der Waals surface area contributed by atoms with Gasteiger partial charge in [0.05, 0.1) is 18.1 Å². The van der Waals surface area contributed by atoms with Crippen molar-refractivity contribution in [2.75, 3.05) is 7.11 Å². The average Bonchev–Trinajstić information content (AvgIpc) is 2.91. The lowest BCUT2D eigenvalue weighted by Gasteiger charge is -2.11. The lowest BCUT2D eigenvalue weighted by molar-refractivity contribution is 0.402. The highest BCUT2D eigenvalue weighted by molar-refractivity contribution is 7.90. The van der Waals surface area contributed by atoms with Crippen LogP contribution in [0.4, 0.5) is 0 Å². The van der Waals surface area contributed by atoms with E-state index >= 15 is 0 Å². The molecule has 1 aromatic heterocycles. The maximum absolute atomic E-state index is 12.8. The fourth-order valence-corrected chi connectivity index (χ4v) is 3.65. The van der Waals surface area contributed by atoms with Crippen LogP contribution in [-0.4, -0.2) is 24.5 Å². The van der Waals surface area contributed by atoms with Crippen molar-refractivity contribution < 1.29 is 13.2 Å². The Hall–Kier alpha value is -2.34. The summed E-state index contributed by atoms with van der Waals surface area (Å²) in [7, 11) is -2.29. The molecule has 0 saturated heterocycles. The molecule has 3 aromatic rings. The number of aryl methyl sites for hydroxylation is 1. The first-order valence-corrected chi connectivity index (χ1v) is 7.80. The third-order valence-electron chi connectivity index (χ3n) is 3.28. The van der Waals surface area contributed by atoms with Gasteiger partial charge in [-0.25, -0.2) is 17.4 Å². The fraction of sp³-hybridized carbons (Fsp3) is 0.133. The molecule has 0 atom stereocenters. The van der Waals surface area contributed by atoms with Crippen molar-refractivity contribution >= 4 is 21.1 Å². The van der Waals surface area contributed by atoms with Gasteiger partial charge in [0.25, 0.3) is 10.0 Å². The van der Waals surface area contributed by atoms with Crippen LogP contribution in [0.15, 0.2) is 53.7 Å². The van der Waals surface area contributed by atoms with Gasteiger partial charge in [-0.3, -0.25) is 0 Å². The number of methoxy groups -OCH3 is 1. The molecule has 0 unspecified atom stereocenters. The minimum absolute atomic E-state index is 0.124. The number of nitrogens with zero attached hydrogens (tertiary/aromatic N) is 2. The molecule has 0 amide bonds. The number of para-hydroxylation sites is 2. The van der Waals surface area contributed by atoms with Gasteiger partial charge in [0.15, 0.2) is 0 Å². The normalized spacial score (nSPS) is 11.7. The Morgan fingerprint density at radius 2 is 1.90 bits per heavy atom. The summed E-state index contributed by atoms with van der Waals surface area (Å²) in [6.07, 6.45) is 1.32. The van der Waals surface area contributed by atoms with Crippen LogP contribution in [-0.2, 0) is 10.0 Å². The quantitative estimate of drug-likeness (QED) is 0.746. The summed E-state index contributed by atoms with van der Waals surface area (Å²) >= 11 is 0. The number of aromatic nitrogens is 2. The van der Waals surface area contributed by atoms with Gasteiger partial charge in [0, 0.05) is 0 Å². The van der Waals surface area contributed by atoms with Crippen molar-refractivity contribution in [2.24, 2.45) is 0 Å². The third-order valence-corrected chi connectivity index (χ3v) is 4.98. The van der Waals surface area contributed by atoms with Gasteiger partial charge < -0.3 is 4.74 Å². The maximum atomic E-state index is 12.8. The van der Waals surface area contributed by atoms with E-state index in [0.717, 1.165) is 5.56 Å². The molecule has 21 heavy (non-hydrogen) atoms. The van der Waals surface area contributed by atoms with Crippen molar-refractivity contribution in [3.8, 4) is 5.75 Å². The van der Waals surface area contributed by atoms with E-state index in [9.17, 15) is 8.42 Å². The summed E-state index contributed by atoms with van der Waals surface area (Å²) in [5.74, 6) is 0.327. The van der Waals surface area contributed by atoms with Gasteiger partial charge in [0.2, 0.25) is 0 Å². The summed E-state index contributed by atoms with van der Waals surface area (Å²) < 4.78 is 32.1. The van der Waals surface area contributed by atoms with Crippen LogP contribution in [0.25, 0.3) is 11.0 Å². The highest BCUT2D eigenvalue weighted by atomic mass is 32.2. The number of rotatable bonds is 3. The van der Waals surface area contributed by atoms with Crippen molar-refractivity contribution in [1.29, 1.82) is 0 Å². The molecule has 2 aromatic carbocycles. The van der Waals surface area contributed by atoms with Crippen LogP contribution >= 0.6 is 0 Å². The molecule has 0 N–H and O–H groups in total. The van der Waals surface area contributed by atoms with Gasteiger partial charge in [-0.05, 0) is 36.8 Å². The van der Waals surface area contributed by atoms with Crippen molar-refractivity contribution in [1.82, 2.24) is 8.96 Å². The fourth-order valence-electron chi connectivity index (χ4n) is 2.22. The van der Waals surface area contributed by atoms with E-state index < -0.39 is 10.0 Å². The average molecular weight is 302 g/mol. The predicted molar refractivity (Wildman–Crippen MR) is 80.0 cm³/mol. The van der Waals surface area contributed by atoms with E-state index in [0.29, 0.717) is 16.8 Å². The lowest BCUT2D eigenvalue weighted by atomic mass is 10.2. The molecule has 1 heterocycles. The van der Waals surface area contributed by atoms with Crippen LogP contribution in [0.5, 0.6) is 5.75 Å². The first-order chi connectivity index (χ1) is 10.0. The van der Waals surface area contributed by atoms with Gasteiger partial charge >= 0.3 is 0 Å². The number of hydrogen-bond acceptors (Lipinski definition) is 4. The van der Waals surface area contributed by atoms with Crippen LogP contribution in [0.3, 0.4) is 0 Å². The minimum Gasteiger partial charge on any atom is -0.495 e. The molecule has 6 heteroatoms. The van der Waals surface area contributed by atoms with Crippen LogP contribution in [0.2, 0.25) is 0 Å². The van der Waals surface area contributed by atoms with Gasteiger partial charge in [-0.15, -0.1) is 0 Å². The standard InChI is InChI=1S/C15H14N2O3S/c1-11-7-8-15(14(9-11)20-2)21(18,19)17-10-16-12-5-3-4-6-13(12)17/h3-10H,1-2H3. The topological polar surface area (TPSA) is 61.2 Å². The third kappa shape index (κ3) is 2.17. The first kappa shape index (κ1) is 13.6. The number of fused-ring (bicyclic) bond motifs is 1. The molecule has 0 aliphatic rings. The van der Waals surface area contributed by atoms with E-state index in [-0.39, 0.29) is 4.90 Å². The zero-order chi connectivity index (χ0) is 15.0. The molecule has 108 valence electrons. The number of ether oxygens (including phenoxy) is 1. The molecule has 0 radical (unpaired) electrons. The Bertz CT molecular complexity index is 914. The summed E-state index contributed by atoms with van der Waals surface area (Å²) in [4.78, 5) is 4.25. The van der Waals surface area contributed by atoms with E-state index in [2.05, 4.69) is 4.98 Å². The highest BCUT2D eigenvalue weighted by Crippen LogP contribution is 2.28. The Balaban J connectivity index is 2.26. The van der Waals surface area contributed by atoms with Crippen LogP contribution in [0.1, 0.15) is 5.56 Å². The molecule has 0 fully saturated rings. The molecule has 0 saturated carbocycles. The van der Waals surface area contributed by atoms with Gasteiger partial charge in [-0.2, -0.15) is 0 Å². The molecule has 0 spiro atoms. The van der Waals surface area contributed by atoms with Gasteiger partial charge in [-0.1, -0.05) is 18.2 Å². The zero-order valence-corrected chi connectivity index (χ0v) is 12.5.